The molecule has 22 heavy (non-hydrogen) atoms. The minimum Gasteiger partial charge on any atom is -0.341 e. The fourth-order valence-electron chi connectivity index (χ4n) is 1.98. The Morgan fingerprint density at radius 2 is 1.86 bits per heavy atom. The summed E-state index contributed by atoms with van der Waals surface area (Å²) in [6, 6.07) is 11.6. The van der Waals surface area contributed by atoms with Gasteiger partial charge >= 0.3 is 0 Å². The van der Waals surface area contributed by atoms with Crippen molar-refractivity contribution in [2.75, 3.05) is 0 Å². The highest BCUT2D eigenvalue weighted by Gasteiger charge is 2.16. The summed E-state index contributed by atoms with van der Waals surface area (Å²) < 4.78 is 26.9. The Hall–Kier alpha value is -1.60. The van der Waals surface area contributed by atoms with Crippen LogP contribution in [0.15, 0.2) is 47.4 Å². The van der Waals surface area contributed by atoms with Crippen LogP contribution in [0.5, 0.6) is 0 Å². The molecular weight excluding hydrogens is 345 g/mol. The van der Waals surface area contributed by atoms with Crippen molar-refractivity contribution in [3.8, 4) is 0 Å². The number of hydrogen-bond acceptors (Lipinski definition) is 3. The van der Waals surface area contributed by atoms with Gasteiger partial charge in [-0.05, 0) is 30.3 Å². The first-order valence-electron chi connectivity index (χ1n) is 6.34. The van der Waals surface area contributed by atoms with Crippen molar-refractivity contribution < 1.29 is 8.42 Å². The first-order chi connectivity index (χ1) is 10.5. The van der Waals surface area contributed by atoms with Gasteiger partial charge in [0.25, 0.3) is 0 Å². The first-order valence-corrected chi connectivity index (χ1v) is 8.58. The molecule has 0 spiro atoms. The Morgan fingerprint density at radius 1 is 1.09 bits per heavy atom. The third-order valence-electron chi connectivity index (χ3n) is 3.07. The highest BCUT2D eigenvalue weighted by molar-refractivity contribution is 7.89. The van der Waals surface area contributed by atoms with E-state index in [0.29, 0.717) is 10.8 Å². The maximum Gasteiger partial charge on any atom is 0.241 e. The number of benzene rings is 2. The van der Waals surface area contributed by atoms with Crippen LogP contribution in [0.1, 0.15) is 5.82 Å². The Morgan fingerprint density at radius 3 is 2.59 bits per heavy atom. The van der Waals surface area contributed by atoms with Crippen molar-refractivity contribution in [1.82, 2.24) is 14.7 Å². The van der Waals surface area contributed by atoms with Crippen molar-refractivity contribution >= 4 is 44.3 Å². The number of imidazole rings is 1. The van der Waals surface area contributed by atoms with E-state index in [9.17, 15) is 8.42 Å². The van der Waals surface area contributed by atoms with Gasteiger partial charge in [-0.25, -0.2) is 18.1 Å². The van der Waals surface area contributed by atoms with Gasteiger partial charge in [0.15, 0.2) is 0 Å². The number of nitrogens with zero attached hydrogens (tertiary/aromatic N) is 1. The number of rotatable bonds is 4. The minimum absolute atomic E-state index is 0.0528. The molecular formula is C14H11Cl2N3O2S. The van der Waals surface area contributed by atoms with E-state index in [1.165, 1.54) is 18.2 Å². The normalized spacial score (nSPS) is 11.9. The van der Waals surface area contributed by atoms with Crippen LogP contribution in [0, 0.1) is 0 Å². The van der Waals surface area contributed by atoms with Crippen LogP contribution in [0.2, 0.25) is 10.0 Å². The maximum atomic E-state index is 12.2. The van der Waals surface area contributed by atoms with Crippen LogP contribution < -0.4 is 4.72 Å². The number of halogens is 2. The van der Waals surface area contributed by atoms with Gasteiger partial charge in [0.05, 0.1) is 32.5 Å². The van der Waals surface area contributed by atoms with Gasteiger partial charge in [0.1, 0.15) is 5.82 Å². The Bertz CT molecular complexity index is 905. The van der Waals surface area contributed by atoms with E-state index < -0.39 is 10.0 Å². The zero-order valence-electron chi connectivity index (χ0n) is 11.2. The predicted molar refractivity (Wildman–Crippen MR) is 86.6 cm³/mol. The molecule has 0 saturated carbocycles. The molecule has 0 unspecified atom stereocenters. The van der Waals surface area contributed by atoms with Crippen molar-refractivity contribution in [2.45, 2.75) is 11.4 Å². The largest absolute Gasteiger partial charge is 0.341 e. The zero-order chi connectivity index (χ0) is 15.7. The lowest BCUT2D eigenvalue weighted by molar-refractivity contribution is 0.579. The van der Waals surface area contributed by atoms with E-state index in [0.717, 1.165) is 11.0 Å². The van der Waals surface area contributed by atoms with E-state index in [1.807, 2.05) is 24.3 Å². The van der Waals surface area contributed by atoms with E-state index in [4.69, 9.17) is 23.2 Å². The van der Waals surface area contributed by atoms with Crippen molar-refractivity contribution in [3.05, 3.63) is 58.3 Å². The molecule has 0 fully saturated rings. The van der Waals surface area contributed by atoms with Crippen LogP contribution >= 0.6 is 23.2 Å². The fourth-order valence-corrected chi connectivity index (χ4v) is 3.36. The second-order valence-corrected chi connectivity index (χ2v) is 7.18. The molecule has 3 aromatic rings. The number of aromatic amines is 1. The third kappa shape index (κ3) is 3.10. The van der Waals surface area contributed by atoms with Gasteiger partial charge in [0.2, 0.25) is 10.0 Å². The van der Waals surface area contributed by atoms with Crippen molar-refractivity contribution in [1.29, 1.82) is 0 Å². The molecule has 5 nitrogen and oxygen atoms in total. The number of sulfonamides is 1. The summed E-state index contributed by atoms with van der Waals surface area (Å²) in [6.07, 6.45) is 0. The minimum atomic E-state index is -3.69. The lowest BCUT2D eigenvalue weighted by Gasteiger charge is -2.06. The molecule has 8 heteroatoms. The molecule has 0 amide bonds. The maximum absolute atomic E-state index is 12.2. The van der Waals surface area contributed by atoms with Crippen LogP contribution in [0.25, 0.3) is 11.0 Å². The second-order valence-electron chi connectivity index (χ2n) is 4.60. The van der Waals surface area contributed by atoms with Crippen LogP contribution in [-0.4, -0.2) is 18.4 Å². The summed E-state index contributed by atoms with van der Waals surface area (Å²) in [6.45, 7) is 0.0528. The lowest BCUT2D eigenvalue weighted by Crippen LogP contribution is -2.23. The average molecular weight is 356 g/mol. The summed E-state index contributed by atoms with van der Waals surface area (Å²) in [5.41, 5.74) is 1.64. The fraction of sp³-hybridized carbons (Fsp3) is 0.0714. The Kier molecular flexibility index (Phi) is 4.10. The molecule has 1 heterocycles. The van der Waals surface area contributed by atoms with E-state index in [2.05, 4.69) is 14.7 Å². The van der Waals surface area contributed by atoms with Gasteiger partial charge in [-0.2, -0.15) is 0 Å². The topological polar surface area (TPSA) is 74.8 Å². The number of para-hydroxylation sites is 2. The van der Waals surface area contributed by atoms with E-state index >= 15 is 0 Å². The molecule has 2 aromatic carbocycles. The van der Waals surface area contributed by atoms with Gasteiger partial charge < -0.3 is 4.98 Å². The number of nitrogens with one attached hydrogen (secondary N) is 2. The molecule has 2 N–H and O–H groups in total. The van der Waals surface area contributed by atoms with Crippen LogP contribution in [-0.2, 0) is 16.6 Å². The molecule has 0 saturated heterocycles. The molecule has 1 aromatic heterocycles. The molecule has 114 valence electrons. The van der Waals surface area contributed by atoms with Crippen molar-refractivity contribution in [2.24, 2.45) is 0 Å². The van der Waals surface area contributed by atoms with Gasteiger partial charge in [-0.1, -0.05) is 35.3 Å². The summed E-state index contributed by atoms with van der Waals surface area (Å²) >= 11 is 11.6. The molecule has 0 aliphatic rings. The highest BCUT2D eigenvalue weighted by atomic mass is 35.5. The smallest absolute Gasteiger partial charge is 0.241 e. The average Bonchev–Trinajstić information content (AvgIpc) is 2.91. The Balaban J connectivity index is 1.80. The van der Waals surface area contributed by atoms with Crippen LogP contribution in [0.3, 0.4) is 0 Å². The molecule has 0 atom stereocenters. The van der Waals surface area contributed by atoms with Crippen molar-refractivity contribution in [3.63, 3.8) is 0 Å². The number of H-pyrrole nitrogens is 1. The summed E-state index contributed by atoms with van der Waals surface area (Å²) in [4.78, 5) is 7.42. The molecule has 3 rings (SSSR count). The molecule has 0 aliphatic heterocycles. The summed E-state index contributed by atoms with van der Waals surface area (Å²) in [7, 11) is -3.69. The Labute approximate surface area is 137 Å². The molecule has 0 aliphatic carbocycles. The number of hydrogen-bond donors (Lipinski definition) is 2. The monoisotopic (exact) mass is 355 g/mol. The SMILES string of the molecule is O=S(=O)(NCc1nc2ccccc2[nH]1)c1ccc(Cl)c(Cl)c1. The zero-order valence-corrected chi connectivity index (χ0v) is 13.5. The summed E-state index contributed by atoms with van der Waals surface area (Å²) in [5, 5.41) is 0.492. The third-order valence-corrected chi connectivity index (χ3v) is 5.21. The quantitative estimate of drug-likeness (QED) is 0.753. The van der Waals surface area contributed by atoms with Gasteiger partial charge in [0, 0.05) is 0 Å². The lowest BCUT2D eigenvalue weighted by atomic mass is 10.3. The predicted octanol–water partition coefficient (Wildman–Crippen LogP) is 3.35. The van der Waals surface area contributed by atoms with Crippen LogP contribution in [0.4, 0.5) is 0 Å². The molecule has 0 radical (unpaired) electrons. The highest BCUT2D eigenvalue weighted by Crippen LogP contribution is 2.24. The van der Waals surface area contributed by atoms with E-state index in [1.54, 1.807) is 0 Å². The first kappa shape index (κ1) is 15.3. The number of aromatic nitrogens is 2. The standard InChI is InChI=1S/C14H11Cl2N3O2S/c15-10-6-5-9(7-11(10)16)22(20,21)17-8-14-18-12-3-1-2-4-13(12)19-14/h1-7,17H,8H2,(H,18,19). The molecule has 0 bridgehead atoms. The number of fused-ring (bicyclic) bond motifs is 1. The summed E-state index contributed by atoms with van der Waals surface area (Å²) in [5.74, 6) is 0.532. The van der Waals surface area contributed by atoms with Gasteiger partial charge in [-0.3, -0.25) is 0 Å². The van der Waals surface area contributed by atoms with E-state index in [-0.39, 0.29) is 16.5 Å². The van der Waals surface area contributed by atoms with Gasteiger partial charge in [-0.15, -0.1) is 0 Å². The second kappa shape index (κ2) is 5.89.